The molecule has 0 bridgehead atoms. The largest absolute Gasteiger partial charge is 0.493 e. The van der Waals surface area contributed by atoms with E-state index in [9.17, 15) is 0 Å². The van der Waals surface area contributed by atoms with E-state index in [-0.39, 0.29) is 6.04 Å². The first-order valence-corrected chi connectivity index (χ1v) is 7.72. The van der Waals surface area contributed by atoms with Gasteiger partial charge in [0.2, 0.25) is 0 Å². The molecule has 0 aliphatic heterocycles. The van der Waals surface area contributed by atoms with Crippen molar-refractivity contribution in [2.45, 2.75) is 58.4 Å². The van der Waals surface area contributed by atoms with Crippen LogP contribution in [-0.2, 0) is 6.42 Å². The minimum absolute atomic E-state index is 0.141. The lowest BCUT2D eigenvalue weighted by molar-refractivity contribution is 0.301. The Hall–Kier alpha value is -0.730. The molecular formula is C16H26ClNO. The summed E-state index contributed by atoms with van der Waals surface area (Å²) in [5.41, 5.74) is 7.07. The number of hydrogen-bond acceptors (Lipinski definition) is 2. The van der Waals surface area contributed by atoms with Crippen LogP contribution in [0.25, 0.3) is 0 Å². The predicted octanol–water partition coefficient (Wildman–Crippen LogP) is 4.58. The summed E-state index contributed by atoms with van der Waals surface area (Å²) in [6.45, 7) is 5.06. The van der Waals surface area contributed by atoms with Crippen LogP contribution in [0.3, 0.4) is 0 Å². The number of rotatable bonds is 9. The van der Waals surface area contributed by atoms with Crippen LogP contribution >= 0.6 is 11.6 Å². The normalized spacial score (nSPS) is 12.4. The lowest BCUT2D eigenvalue weighted by Crippen LogP contribution is -2.22. The highest BCUT2D eigenvalue weighted by atomic mass is 35.5. The molecule has 0 saturated heterocycles. The van der Waals surface area contributed by atoms with Gasteiger partial charge in [0.25, 0.3) is 0 Å². The molecule has 0 saturated carbocycles. The fraction of sp³-hybridized carbons (Fsp3) is 0.625. The van der Waals surface area contributed by atoms with E-state index in [1.165, 1.54) is 19.3 Å². The number of benzene rings is 1. The smallest absolute Gasteiger partial charge is 0.124 e. The lowest BCUT2D eigenvalue weighted by Gasteiger charge is -2.15. The van der Waals surface area contributed by atoms with Crippen LogP contribution in [0.5, 0.6) is 5.75 Å². The lowest BCUT2D eigenvalue weighted by atomic mass is 10.0. The third-order valence-corrected chi connectivity index (χ3v) is 3.68. The summed E-state index contributed by atoms with van der Waals surface area (Å²) in [6, 6.07) is 5.97. The topological polar surface area (TPSA) is 35.2 Å². The van der Waals surface area contributed by atoms with Crippen molar-refractivity contribution < 1.29 is 4.74 Å². The van der Waals surface area contributed by atoms with E-state index in [1.807, 2.05) is 18.2 Å². The van der Waals surface area contributed by atoms with E-state index >= 15 is 0 Å². The van der Waals surface area contributed by atoms with E-state index in [4.69, 9.17) is 22.1 Å². The summed E-state index contributed by atoms with van der Waals surface area (Å²) in [5, 5.41) is 0.759. The van der Waals surface area contributed by atoms with Crippen molar-refractivity contribution in [1.82, 2.24) is 0 Å². The van der Waals surface area contributed by atoms with Gasteiger partial charge in [0.15, 0.2) is 0 Å². The fourth-order valence-electron chi connectivity index (χ4n) is 1.99. The van der Waals surface area contributed by atoms with Crippen molar-refractivity contribution in [3.8, 4) is 5.75 Å². The zero-order valence-electron chi connectivity index (χ0n) is 12.1. The predicted molar refractivity (Wildman–Crippen MR) is 83.1 cm³/mol. The summed E-state index contributed by atoms with van der Waals surface area (Å²) in [7, 11) is 0. The Labute approximate surface area is 122 Å². The van der Waals surface area contributed by atoms with Gasteiger partial charge in [0.05, 0.1) is 6.61 Å². The molecule has 0 heterocycles. The Morgan fingerprint density at radius 1 is 1.21 bits per heavy atom. The summed E-state index contributed by atoms with van der Waals surface area (Å²) in [6.07, 6.45) is 6.56. The molecule has 1 aromatic rings. The molecule has 2 nitrogen and oxygen atoms in total. The Balaban J connectivity index is 2.58. The maximum atomic E-state index is 6.26. The number of ether oxygens (including phenoxy) is 1. The molecule has 1 atom stereocenters. The molecule has 0 radical (unpaired) electrons. The quantitative estimate of drug-likeness (QED) is 0.673. The van der Waals surface area contributed by atoms with Crippen LogP contribution in [0.15, 0.2) is 18.2 Å². The summed E-state index contributed by atoms with van der Waals surface area (Å²) >= 11 is 6.26. The highest BCUT2D eigenvalue weighted by Gasteiger charge is 2.11. The number of unbranched alkanes of at least 4 members (excludes halogenated alkanes) is 3. The first-order chi connectivity index (χ1) is 9.19. The fourth-order valence-corrected chi connectivity index (χ4v) is 2.23. The Bertz CT molecular complexity index is 368. The SMILES string of the molecule is CCCCCCOc1cccc(Cl)c1CC(N)CC. The molecule has 19 heavy (non-hydrogen) atoms. The van der Waals surface area contributed by atoms with Crippen LogP contribution < -0.4 is 10.5 Å². The highest BCUT2D eigenvalue weighted by molar-refractivity contribution is 6.31. The third-order valence-electron chi connectivity index (χ3n) is 3.32. The zero-order valence-corrected chi connectivity index (χ0v) is 12.9. The molecular weight excluding hydrogens is 258 g/mol. The van der Waals surface area contributed by atoms with Crippen molar-refractivity contribution in [1.29, 1.82) is 0 Å². The molecule has 0 aliphatic rings. The first-order valence-electron chi connectivity index (χ1n) is 7.34. The van der Waals surface area contributed by atoms with Crippen LogP contribution in [-0.4, -0.2) is 12.6 Å². The van der Waals surface area contributed by atoms with Gasteiger partial charge >= 0.3 is 0 Å². The van der Waals surface area contributed by atoms with E-state index < -0.39 is 0 Å². The molecule has 0 amide bonds. The van der Waals surface area contributed by atoms with Gasteiger partial charge in [-0.15, -0.1) is 0 Å². The molecule has 0 aliphatic carbocycles. The maximum Gasteiger partial charge on any atom is 0.124 e. The average Bonchev–Trinajstić information content (AvgIpc) is 2.41. The molecule has 2 N–H and O–H groups in total. The van der Waals surface area contributed by atoms with Crippen molar-refractivity contribution >= 4 is 11.6 Å². The van der Waals surface area contributed by atoms with E-state index in [0.717, 1.165) is 42.2 Å². The van der Waals surface area contributed by atoms with Gasteiger partial charge in [0.1, 0.15) is 5.75 Å². The molecule has 0 fully saturated rings. The highest BCUT2D eigenvalue weighted by Crippen LogP contribution is 2.28. The Morgan fingerprint density at radius 3 is 2.68 bits per heavy atom. The van der Waals surface area contributed by atoms with Gasteiger partial charge < -0.3 is 10.5 Å². The average molecular weight is 284 g/mol. The third kappa shape index (κ3) is 5.84. The van der Waals surface area contributed by atoms with Crippen LogP contribution in [0.2, 0.25) is 5.02 Å². The molecule has 0 spiro atoms. The van der Waals surface area contributed by atoms with Gasteiger partial charge in [-0.3, -0.25) is 0 Å². The van der Waals surface area contributed by atoms with Gasteiger partial charge in [-0.1, -0.05) is 50.8 Å². The van der Waals surface area contributed by atoms with Crippen LogP contribution in [0.1, 0.15) is 51.5 Å². The van der Waals surface area contributed by atoms with Gasteiger partial charge in [-0.2, -0.15) is 0 Å². The number of hydrogen-bond donors (Lipinski definition) is 1. The summed E-state index contributed by atoms with van der Waals surface area (Å²) in [4.78, 5) is 0. The summed E-state index contributed by atoms with van der Waals surface area (Å²) < 4.78 is 5.87. The van der Waals surface area contributed by atoms with E-state index in [2.05, 4.69) is 13.8 Å². The minimum atomic E-state index is 0.141. The van der Waals surface area contributed by atoms with Gasteiger partial charge in [-0.05, 0) is 31.4 Å². The zero-order chi connectivity index (χ0) is 14.1. The second-order valence-corrected chi connectivity index (χ2v) is 5.41. The van der Waals surface area contributed by atoms with Gasteiger partial charge in [0, 0.05) is 16.6 Å². The molecule has 108 valence electrons. The van der Waals surface area contributed by atoms with Crippen molar-refractivity contribution in [2.24, 2.45) is 5.73 Å². The molecule has 1 aromatic carbocycles. The van der Waals surface area contributed by atoms with E-state index in [0.29, 0.717) is 0 Å². The Morgan fingerprint density at radius 2 is 2.00 bits per heavy atom. The van der Waals surface area contributed by atoms with Crippen molar-refractivity contribution in [3.63, 3.8) is 0 Å². The Kier molecular flexibility index (Phi) is 7.92. The van der Waals surface area contributed by atoms with Crippen LogP contribution in [0.4, 0.5) is 0 Å². The van der Waals surface area contributed by atoms with Crippen molar-refractivity contribution in [3.05, 3.63) is 28.8 Å². The monoisotopic (exact) mass is 283 g/mol. The standard InChI is InChI=1S/C16H26ClNO/c1-3-5-6-7-11-19-16-10-8-9-15(17)14(16)12-13(18)4-2/h8-10,13H,3-7,11-12,18H2,1-2H3. The number of halogens is 1. The maximum absolute atomic E-state index is 6.26. The van der Waals surface area contributed by atoms with E-state index in [1.54, 1.807) is 0 Å². The van der Waals surface area contributed by atoms with Crippen molar-refractivity contribution in [2.75, 3.05) is 6.61 Å². The second kappa shape index (κ2) is 9.22. The van der Waals surface area contributed by atoms with Crippen LogP contribution in [0, 0.1) is 0 Å². The molecule has 1 unspecified atom stereocenters. The molecule has 0 aromatic heterocycles. The second-order valence-electron chi connectivity index (χ2n) is 5.00. The summed E-state index contributed by atoms with van der Waals surface area (Å²) in [5.74, 6) is 0.896. The molecule has 1 rings (SSSR count). The first kappa shape index (κ1) is 16.3. The molecule has 3 heteroatoms. The number of nitrogens with two attached hydrogens (primary N) is 1. The van der Waals surface area contributed by atoms with Gasteiger partial charge in [-0.25, -0.2) is 0 Å². The minimum Gasteiger partial charge on any atom is -0.493 e.